The van der Waals surface area contributed by atoms with Crippen LogP contribution in [0.5, 0.6) is 0 Å². The molecule has 0 aliphatic carbocycles. The molecule has 3 aromatic heterocycles. The van der Waals surface area contributed by atoms with Crippen molar-refractivity contribution in [3.8, 4) is 22.5 Å². The number of aldehydes is 1. The number of pyridine rings is 1. The van der Waals surface area contributed by atoms with Crippen molar-refractivity contribution in [2.45, 2.75) is 38.8 Å². The maximum absolute atomic E-state index is 11.3. The van der Waals surface area contributed by atoms with Crippen LogP contribution in [0, 0.1) is 0 Å². The number of rotatable bonds is 10. The van der Waals surface area contributed by atoms with Crippen molar-refractivity contribution in [2.75, 3.05) is 0 Å². The molecule has 0 aliphatic heterocycles. The molecule has 0 saturated carbocycles. The van der Waals surface area contributed by atoms with Gasteiger partial charge in [-0.05, 0) is 45.7 Å². The van der Waals surface area contributed by atoms with Crippen LogP contribution in [-0.2, 0) is 13.0 Å². The molecular weight excluding hydrogens is 502 g/mol. The standard InChI is InChI=1S/C28H26ClN7O2/c1-2-3-11-24-31-27(29)25(26(38)23-10-6-7-20(17-37)30-23)36(24)16-18-12-14-19(15-13-18)21-8-4-5-9-22(21)28-32-34-35-33-28/h4-10,12-15,17,26,38H,2-3,11,16H2,1H3,(H,32,33,34,35). The van der Waals surface area contributed by atoms with Crippen LogP contribution in [0.2, 0.25) is 5.15 Å². The fourth-order valence-electron chi connectivity index (χ4n) is 4.46. The Morgan fingerprint density at radius 2 is 1.82 bits per heavy atom. The predicted octanol–water partition coefficient (Wildman–Crippen LogP) is 5.06. The lowest BCUT2D eigenvalue weighted by atomic mass is 9.98. The first-order valence-corrected chi connectivity index (χ1v) is 12.7. The number of carbonyl (C=O) groups excluding carboxylic acids is 1. The Kier molecular flexibility index (Phi) is 7.67. The van der Waals surface area contributed by atoms with E-state index in [4.69, 9.17) is 11.6 Å². The van der Waals surface area contributed by atoms with Crippen molar-refractivity contribution < 1.29 is 9.90 Å². The van der Waals surface area contributed by atoms with Gasteiger partial charge in [0, 0.05) is 18.5 Å². The van der Waals surface area contributed by atoms with Gasteiger partial charge >= 0.3 is 0 Å². The third kappa shape index (κ3) is 5.25. The van der Waals surface area contributed by atoms with E-state index in [0.717, 1.165) is 47.3 Å². The van der Waals surface area contributed by atoms with Crippen LogP contribution in [0.3, 0.4) is 0 Å². The van der Waals surface area contributed by atoms with Gasteiger partial charge in [-0.2, -0.15) is 0 Å². The fourth-order valence-corrected chi connectivity index (χ4v) is 4.76. The highest BCUT2D eigenvalue weighted by molar-refractivity contribution is 6.30. The molecule has 1 unspecified atom stereocenters. The van der Waals surface area contributed by atoms with Crippen LogP contribution in [0.1, 0.15) is 59.1 Å². The number of imidazole rings is 1. The number of benzene rings is 2. The second kappa shape index (κ2) is 11.5. The van der Waals surface area contributed by atoms with Gasteiger partial charge in [0.15, 0.2) is 17.3 Å². The number of aliphatic hydroxyl groups excluding tert-OH is 1. The van der Waals surface area contributed by atoms with Crippen molar-refractivity contribution >= 4 is 17.9 Å². The van der Waals surface area contributed by atoms with Gasteiger partial charge in [0.2, 0.25) is 0 Å². The van der Waals surface area contributed by atoms with Gasteiger partial charge < -0.3 is 9.67 Å². The summed E-state index contributed by atoms with van der Waals surface area (Å²) >= 11 is 6.58. The Bertz CT molecular complexity index is 1530. The maximum Gasteiger partial charge on any atom is 0.180 e. The zero-order valence-corrected chi connectivity index (χ0v) is 21.5. The quantitative estimate of drug-likeness (QED) is 0.243. The number of aliphatic hydroxyl groups is 1. The first-order chi connectivity index (χ1) is 18.6. The number of H-pyrrole nitrogens is 1. The molecule has 2 aromatic carbocycles. The Hall–Kier alpha value is -4.21. The molecule has 0 radical (unpaired) electrons. The number of unbranched alkanes of at least 4 members (excludes halogenated alkanes) is 1. The molecule has 0 fully saturated rings. The summed E-state index contributed by atoms with van der Waals surface area (Å²) in [6, 6.07) is 21.1. The Balaban J connectivity index is 1.48. The molecule has 5 aromatic rings. The normalized spacial score (nSPS) is 12.0. The van der Waals surface area contributed by atoms with Crippen LogP contribution in [0.15, 0.2) is 66.7 Å². The summed E-state index contributed by atoms with van der Waals surface area (Å²) in [5.41, 5.74) is 4.99. The zero-order chi connectivity index (χ0) is 26.5. The predicted molar refractivity (Wildman–Crippen MR) is 144 cm³/mol. The molecule has 1 atom stereocenters. The number of aromatic amines is 1. The Morgan fingerprint density at radius 3 is 2.53 bits per heavy atom. The summed E-state index contributed by atoms with van der Waals surface area (Å²) in [5, 5.41) is 25.8. The van der Waals surface area contributed by atoms with E-state index in [-0.39, 0.29) is 10.8 Å². The molecule has 38 heavy (non-hydrogen) atoms. The topological polar surface area (TPSA) is 122 Å². The van der Waals surface area contributed by atoms with Gasteiger partial charge in [0.1, 0.15) is 17.6 Å². The average molecular weight is 528 g/mol. The molecule has 0 spiro atoms. The van der Waals surface area contributed by atoms with Crippen molar-refractivity contribution in [1.82, 2.24) is 35.2 Å². The van der Waals surface area contributed by atoms with E-state index in [2.05, 4.69) is 37.5 Å². The van der Waals surface area contributed by atoms with Crippen LogP contribution in [-0.4, -0.2) is 46.6 Å². The molecule has 10 heteroatoms. The van der Waals surface area contributed by atoms with Crippen molar-refractivity contribution in [3.63, 3.8) is 0 Å². The summed E-state index contributed by atoms with van der Waals surface area (Å²) < 4.78 is 1.96. The minimum atomic E-state index is -1.13. The number of tetrazole rings is 1. The number of carbonyl (C=O) groups is 1. The van der Waals surface area contributed by atoms with E-state index in [1.807, 2.05) is 53.1 Å². The van der Waals surface area contributed by atoms with E-state index in [9.17, 15) is 9.90 Å². The third-order valence-corrected chi connectivity index (χ3v) is 6.66. The monoisotopic (exact) mass is 527 g/mol. The highest BCUT2D eigenvalue weighted by Crippen LogP contribution is 2.32. The maximum atomic E-state index is 11.3. The molecule has 0 aliphatic rings. The zero-order valence-electron chi connectivity index (χ0n) is 20.8. The van der Waals surface area contributed by atoms with E-state index in [1.54, 1.807) is 18.2 Å². The number of hydrogen-bond donors (Lipinski definition) is 2. The average Bonchev–Trinajstić information content (AvgIpc) is 3.60. The molecule has 9 nitrogen and oxygen atoms in total. The first kappa shape index (κ1) is 25.4. The molecule has 0 amide bonds. The van der Waals surface area contributed by atoms with E-state index < -0.39 is 6.10 Å². The second-order valence-electron chi connectivity index (χ2n) is 8.89. The molecule has 5 rings (SSSR count). The van der Waals surface area contributed by atoms with E-state index in [0.29, 0.717) is 30.0 Å². The molecule has 0 bridgehead atoms. The van der Waals surface area contributed by atoms with Gasteiger partial charge in [-0.1, -0.05) is 79.5 Å². The van der Waals surface area contributed by atoms with Crippen LogP contribution >= 0.6 is 11.6 Å². The van der Waals surface area contributed by atoms with Gasteiger partial charge in [-0.15, -0.1) is 5.10 Å². The highest BCUT2D eigenvalue weighted by atomic mass is 35.5. The molecule has 192 valence electrons. The Labute approximate surface area is 224 Å². The van der Waals surface area contributed by atoms with Crippen LogP contribution < -0.4 is 0 Å². The lowest BCUT2D eigenvalue weighted by Gasteiger charge is -2.17. The molecular formula is C28H26ClN7O2. The van der Waals surface area contributed by atoms with Crippen molar-refractivity contribution in [3.05, 3.63) is 100 Å². The minimum Gasteiger partial charge on any atom is -0.380 e. The summed E-state index contributed by atoms with van der Waals surface area (Å²) in [4.78, 5) is 20.1. The number of aromatic nitrogens is 7. The summed E-state index contributed by atoms with van der Waals surface area (Å²) in [6.45, 7) is 2.58. The van der Waals surface area contributed by atoms with Gasteiger partial charge in [-0.3, -0.25) is 4.79 Å². The van der Waals surface area contributed by atoms with Gasteiger partial charge in [-0.25, -0.2) is 15.1 Å². The van der Waals surface area contributed by atoms with Crippen LogP contribution in [0.25, 0.3) is 22.5 Å². The second-order valence-corrected chi connectivity index (χ2v) is 9.25. The highest BCUT2D eigenvalue weighted by Gasteiger charge is 2.25. The first-order valence-electron chi connectivity index (χ1n) is 12.4. The SMILES string of the molecule is CCCCc1nc(Cl)c(C(O)c2cccc(C=O)n2)n1Cc1ccc(-c2ccccc2-c2nnn[nH]2)cc1. The molecule has 3 heterocycles. The number of nitrogens with zero attached hydrogens (tertiary/aromatic N) is 6. The lowest BCUT2D eigenvalue weighted by Crippen LogP contribution is -2.14. The lowest BCUT2D eigenvalue weighted by molar-refractivity contribution is 0.111. The number of aryl methyl sites for hydroxylation is 1. The summed E-state index contributed by atoms with van der Waals surface area (Å²) in [6.07, 6.45) is 2.18. The fraction of sp³-hybridized carbons (Fsp3) is 0.214. The number of hydrogen-bond acceptors (Lipinski definition) is 7. The minimum absolute atomic E-state index is 0.230. The van der Waals surface area contributed by atoms with Gasteiger partial charge in [0.25, 0.3) is 0 Å². The van der Waals surface area contributed by atoms with Crippen molar-refractivity contribution in [1.29, 1.82) is 0 Å². The van der Waals surface area contributed by atoms with Crippen molar-refractivity contribution in [2.24, 2.45) is 0 Å². The van der Waals surface area contributed by atoms with E-state index in [1.165, 1.54) is 0 Å². The number of halogens is 1. The van der Waals surface area contributed by atoms with Crippen LogP contribution in [0.4, 0.5) is 0 Å². The van der Waals surface area contributed by atoms with E-state index >= 15 is 0 Å². The molecule has 2 N–H and O–H groups in total. The molecule has 0 saturated heterocycles. The number of nitrogens with one attached hydrogen (secondary N) is 1. The summed E-state index contributed by atoms with van der Waals surface area (Å²) in [5.74, 6) is 1.40. The third-order valence-electron chi connectivity index (χ3n) is 6.38. The largest absolute Gasteiger partial charge is 0.380 e. The smallest absolute Gasteiger partial charge is 0.180 e. The van der Waals surface area contributed by atoms with Gasteiger partial charge in [0.05, 0.1) is 11.4 Å². The Morgan fingerprint density at radius 1 is 1.03 bits per heavy atom. The summed E-state index contributed by atoms with van der Waals surface area (Å²) in [7, 11) is 0.